The zero-order valence-corrected chi connectivity index (χ0v) is 36.2. The topological polar surface area (TPSA) is 76.1 Å². The Kier molecular flexibility index (Phi) is 40.0. The van der Waals surface area contributed by atoms with Crippen LogP contribution in [0.2, 0.25) is 0 Å². The summed E-state index contributed by atoms with van der Waals surface area (Å²) in [6.07, 6.45) is 44.2. The minimum absolute atomic E-state index is 0.0201. The van der Waals surface area contributed by atoms with E-state index in [0.717, 1.165) is 76.5 Å². The second kappa shape index (κ2) is 41.8. The predicted molar refractivity (Wildman–Crippen MR) is 233 cm³/mol. The predicted octanol–water partition coefficient (Wildman–Crippen LogP) is 11.8. The Hall–Kier alpha value is -2.32. The van der Waals surface area contributed by atoms with Crippen LogP contribution in [0.15, 0.2) is 48.6 Å². The number of thioether (sulfide) groups is 1. The summed E-state index contributed by atoms with van der Waals surface area (Å²) in [6.45, 7) is 6.31. The lowest BCUT2D eigenvalue weighted by Gasteiger charge is -2.22. The van der Waals surface area contributed by atoms with Crippen molar-refractivity contribution in [2.75, 3.05) is 58.4 Å². The first-order valence-electron chi connectivity index (χ1n) is 21.8. The van der Waals surface area contributed by atoms with Gasteiger partial charge in [0.05, 0.1) is 18.8 Å². The maximum absolute atomic E-state index is 13.0. The summed E-state index contributed by atoms with van der Waals surface area (Å²) in [6, 6.07) is 0. The van der Waals surface area contributed by atoms with Crippen LogP contribution in [0.1, 0.15) is 168 Å². The molecule has 8 heteroatoms. The van der Waals surface area contributed by atoms with Crippen molar-refractivity contribution in [3.05, 3.63) is 48.6 Å². The average Bonchev–Trinajstić information content (AvgIpc) is 3.15. The summed E-state index contributed by atoms with van der Waals surface area (Å²) in [5.41, 5.74) is 0. The van der Waals surface area contributed by atoms with Crippen LogP contribution in [0, 0.1) is 0 Å². The average molecular weight is 775 g/mol. The SMILES string of the molecule is CCCCC/C=C\C/C=C\CCCCCCCC(=O)OCCN(CCOC(=O)CCCCCCC/C=C\C/C=C\CCCCC)C(=O)CSCCN(C)C. The fraction of sp³-hybridized carbons (Fsp3) is 0.761. The number of allylic oxidation sites excluding steroid dienone is 8. The summed E-state index contributed by atoms with van der Waals surface area (Å²) in [5.74, 6) is 0.772. The molecule has 0 aliphatic rings. The monoisotopic (exact) mass is 775 g/mol. The maximum atomic E-state index is 13.0. The normalized spacial score (nSPS) is 11.9. The third-order valence-electron chi connectivity index (χ3n) is 9.17. The highest BCUT2D eigenvalue weighted by molar-refractivity contribution is 7.99. The van der Waals surface area contributed by atoms with E-state index in [4.69, 9.17) is 9.47 Å². The van der Waals surface area contributed by atoms with Crippen LogP contribution in [0.5, 0.6) is 0 Å². The van der Waals surface area contributed by atoms with Crippen molar-refractivity contribution >= 4 is 29.6 Å². The molecule has 0 aromatic rings. The largest absolute Gasteiger partial charge is 0.464 e. The van der Waals surface area contributed by atoms with Gasteiger partial charge in [-0.2, -0.15) is 11.8 Å². The highest BCUT2D eigenvalue weighted by Gasteiger charge is 2.16. The van der Waals surface area contributed by atoms with Gasteiger partial charge in [0, 0.05) is 25.1 Å². The van der Waals surface area contributed by atoms with Gasteiger partial charge in [0.15, 0.2) is 0 Å². The lowest BCUT2D eigenvalue weighted by atomic mass is 10.1. The van der Waals surface area contributed by atoms with Crippen molar-refractivity contribution in [1.29, 1.82) is 0 Å². The summed E-state index contributed by atoms with van der Waals surface area (Å²) in [5, 5.41) is 0. The molecule has 0 aliphatic carbocycles. The number of unbranched alkanes of at least 4 members (excludes halogenated alkanes) is 16. The fourth-order valence-electron chi connectivity index (χ4n) is 5.70. The Morgan fingerprint density at radius 3 is 1.30 bits per heavy atom. The smallest absolute Gasteiger partial charge is 0.305 e. The van der Waals surface area contributed by atoms with Crippen molar-refractivity contribution in [2.45, 2.75) is 168 Å². The third-order valence-corrected chi connectivity index (χ3v) is 10.1. The van der Waals surface area contributed by atoms with Gasteiger partial charge >= 0.3 is 11.9 Å². The summed E-state index contributed by atoms with van der Waals surface area (Å²) in [7, 11) is 4.03. The van der Waals surface area contributed by atoms with Crippen LogP contribution in [-0.2, 0) is 23.9 Å². The van der Waals surface area contributed by atoms with E-state index in [2.05, 4.69) is 67.4 Å². The van der Waals surface area contributed by atoms with Gasteiger partial charge < -0.3 is 19.3 Å². The molecule has 0 N–H and O–H groups in total. The standard InChI is InChI=1S/C46H82N2O5S/c1-5-7-9-11-13-15-17-19-21-23-25-27-29-31-33-35-45(50)52-40-37-48(44(49)43-54-42-39-47(3)4)38-41-53-46(51)36-34-32-30-28-26-24-22-20-18-16-14-12-10-8-6-2/h13-16,19-22H,5-12,17-18,23-43H2,1-4H3/b15-13-,16-14-,21-19-,22-20-. The first kappa shape index (κ1) is 51.7. The quantitative estimate of drug-likeness (QED) is 0.0350. The summed E-state index contributed by atoms with van der Waals surface area (Å²) < 4.78 is 11.0. The Labute approximate surface area is 337 Å². The molecule has 0 aliphatic heterocycles. The zero-order chi connectivity index (χ0) is 39.6. The number of ether oxygens (including phenoxy) is 2. The Morgan fingerprint density at radius 1 is 0.500 bits per heavy atom. The van der Waals surface area contributed by atoms with E-state index in [1.807, 2.05) is 14.1 Å². The first-order valence-corrected chi connectivity index (χ1v) is 23.0. The minimum atomic E-state index is -0.211. The van der Waals surface area contributed by atoms with E-state index in [1.54, 1.807) is 16.7 Å². The second-order valence-electron chi connectivity index (χ2n) is 14.6. The van der Waals surface area contributed by atoms with Gasteiger partial charge in [0.25, 0.3) is 0 Å². The van der Waals surface area contributed by atoms with Gasteiger partial charge in [-0.1, -0.05) is 127 Å². The minimum Gasteiger partial charge on any atom is -0.464 e. The van der Waals surface area contributed by atoms with E-state index in [-0.39, 0.29) is 31.1 Å². The highest BCUT2D eigenvalue weighted by atomic mass is 32.2. The zero-order valence-electron chi connectivity index (χ0n) is 35.4. The first-order chi connectivity index (χ1) is 26.4. The van der Waals surface area contributed by atoms with E-state index in [0.29, 0.717) is 31.7 Å². The van der Waals surface area contributed by atoms with Crippen molar-refractivity contribution < 1.29 is 23.9 Å². The summed E-state index contributed by atoms with van der Waals surface area (Å²) >= 11 is 1.59. The molecule has 0 aromatic carbocycles. The Balaban J connectivity index is 4.16. The number of carbonyl (C=O) groups is 3. The van der Waals surface area contributed by atoms with E-state index >= 15 is 0 Å². The van der Waals surface area contributed by atoms with Gasteiger partial charge in [-0.3, -0.25) is 14.4 Å². The number of nitrogens with zero attached hydrogens (tertiary/aromatic N) is 2. The molecular weight excluding hydrogens is 693 g/mol. The van der Waals surface area contributed by atoms with Crippen LogP contribution in [0.25, 0.3) is 0 Å². The van der Waals surface area contributed by atoms with Crippen LogP contribution >= 0.6 is 11.8 Å². The molecule has 0 radical (unpaired) electrons. The number of rotatable bonds is 39. The van der Waals surface area contributed by atoms with Crippen molar-refractivity contribution in [1.82, 2.24) is 9.80 Å². The number of amides is 1. The molecule has 0 fully saturated rings. The second-order valence-corrected chi connectivity index (χ2v) is 15.7. The van der Waals surface area contributed by atoms with Crippen molar-refractivity contribution in [3.8, 4) is 0 Å². The van der Waals surface area contributed by atoms with Crippen LogP contribution in [-0.4, -0.2) is 86.1 Å². The van der Waals surface area contributed by atoms with Gasteiger partial charge in [-0.15, -0.1) is 0 Å². The van der Waals surface area contributed by atoms with E-state index < -0.39 is 0 Å². The molecule has 0 saturated carbocycles. The molecule has 0 spiro atoms. The molecule has 0 unspecified atom stereocenters. The van der Waals surface area contributed by atoms with Crippen molar-refractivity contribution in [3.63, 3.8) is 0 Å². The highest BCUT2D eigenvalue weighted by Crippen LogP contribution is 2.11. The molecular formula is C46H82N2O5S. The van der Waals surface area contributed by atoms with Gasteiger partial charge in [-0.25, -0.2) is 0 Å². The number of hydrogen-bond donors (Lipinski definition) is 0. The molecule has 0 saturated heterocycles. The molecule has 0 heterocycles. The molecule has 0 atom stereocenters. The molecule has 0 bridgehead atoms. The molecule has 54 heavy (non-hydrogen) atoms. The van der Waals surface area contributed by atoms with Gasteiger partial charge in [-0.05, 0) is 91.1 Å². The fourth-order valence-corrected chi connectivity index (χ4v) is 6.70. The van der Waals surface area contributed by atoms with E-state index in [9.17, 15) is 14.4 Å². The number of esters is 2. The molecule has 7 nitrogen and oxygen atoms in total. The molecule has 312 valence electrons. The van der Waals surface area contributed by atoms with E-state index in [1.165, 1.54) is 77.0 Å². The lowest BCUT2D eigenvalue weighted by molar-refractivity contribution is -0.147. The Morgan fingerprint density at radius 2 is 0.889 bits per heavy atom. The third kappa shape index (κ3) is 39.4. The number of carbonyl (C=O) groups excluding carboxylic acids is 3. The molecule has 0 aromatic heterocycles. The lowest BCUT2D eigenvalue weighted by Crippen LogP contribution is -2.38. The maximum Gasteiger partial charge on any atom is 0.305 e. The molecule has 1 amide bonds. The van der Waals surface area contributed by atoms with Gasteiger partial charge in [0.1, 0.15) is 13.2 Å². The number of hydrogen-bond acceptors (Lipinski definition) is 7. The van der Waals surface area contributed by atoms with Crippen LogP contribution < -0.4 is 0 Å². The van der Waals surface area contributed by atoms with Gasteiger partial charge in [0.2, 0.25) is 5.91 Å². The van der Waals surface area contributed by atoms with Crippen LogP contribution in [0.3, 0.4) is 0 Å². The van der Waals surface area contributed by atoms with Crippen LogP contribution in [0.4, 0.5) is 0 Å². The Bertz CT molecular complexity index is 930. The summed E-state index contributed by atoms with van der Waals surface area (Å²) in [4.78, 5) is 41.5. The molecule has 0 rings (SSSR count). The van der Waals surface area contributed by atoms with Crippen molar-refractivity contribution in [2.24, 2.45) is 0 Å².